The van der Waals surface area contributed by atoms with Crippen LogP contribution in [0.1, 0.15) is 40.6 Å². The van der Waals surface area contributed by atoms with Crippen molar-refractivity contribution >= 4 is 51.5 Å². The molecule has 0 saturated heterocycles. The van der Waals surface area contributed by atoms with Crippen LogP contribution in [-0.2, 0) is 31.9 Å². The Balaban J connectivity index is 2.07. The third-order valence-corrected chi connectivity index (χ3v) is 5.09. The molecule has 1 aliphatic carbocycles. The molecule has 0 fully saturated rings. The second-order valence-electron chi connectivity index (χ2n) is 5.44. The van der Waals surface area contributed by atoms with Crippen LogP contribution in [0, 0.1) is 0 Å². The van der Waals surface area contributed by atoms with Gasteiger partial charge >= 0.3 is 11.9 Å². The zero-order valence-electron chi connectivity index (χ0n) is 14.5. The number of hydrogen-bond acceptors (Lipinski definition) is 7. The number of carbonyl (C=O) groups excluding carboxylic acids is 3. The maximum Gasteiger partial charge on any atom is 0.341 e. The van der Waals surface area contributed by atoms with E-state index < -0.39 is 17.8 Å². The standard InChI is InChI=1S/C17H20N2O5S2/c1-3-24-13(21)9-8-12(20)18-17(25)19-15-14(16(22)23-2)10-6-4-5-7-11(10)26-15/h8-9H,3-7H2,1-2H3,(H2,18,19,20,25). The van der Waals surface area contributed by atoms with E-state index in [-0.39, 0.29) is 11.7 Å². The summed E-state index contributed by atoms with van der Waals surface area (Å²) in [6.07, 6.45) is 5.88. The second kappa shape index (κ2) is 9.44. The summed E-state index contributed by atoms with van der Waals surface area (Å²) in [5.74, 6) is -1.61. The lowest BCUT2D eigenvalue weighted by Gasteiger charge is -2.12. The highest BCUT2D eigenvalue weighted by molar-refractivity contribution is 7.80. The Morgan fingerprint density at radius 3 is 2.65 bits per heavy atom. The Morgan fingerprint density at radius 1 is 1.23 bits per heavy atom. The predicted molar refractivity (Wildman–Crippen MR) is 102 cm³/mol. The fraction of sp³-hybridized carbons (Fsp3) is 0.412. The van der Waals surface area contributed by atoms with E-state index in [0.717, 1.165) is 48.3 Å². The van der Waals surface area contributed by atoms with Crippen molar-refractivity contribution in [1.82, 2.24) is 5.32 Å². The van der Waals surface area contributed by atoms with E-state index in [2.05, 4.69) is 15.4 Å². The summed E-state index contributed by atoms with van der Waals surface area (Å²) < 4.78 is 9.58. The van der Waals surface area contributed by atoms with Crippen molar-refractivity contribution < 1.29 is 23.9 Å². The first-order valence-electron chi connectivity index (χ1n) is 8.15. The molecule has 26 heavy (non-hydrogen) atoms. The van der Waals surface area contributed by atoms with Crippen LogP contribution in [0.15, 0.2) is 12.2 Å². The van der Waals surface area contributed by atoms with E-state index in [4.69, 9.17) is 17.0 Å². The Morgan fingerprint density at radius 2 is 1.96 bits per heavy atom. The summed E-state index contributed by atoms with van der Waals surface area (Å²) in [6.45, 7) is 1.90. The van der Waals surface area contributed by atoms with Gasteiger partial charge in [-0.15, -0.1) is 11.3 Å². The van der Waals surface area contributed by atoms with Crippen molar-refractivity contribution in [2.45, 2.75) is 32.6 Å². The second-order valence-corrected chi connectivity index (χ2v) is 6.95. The van der Waals surface area contributed by atoms with Gasteiger partial charge in [-0.25, -0.2) is 9.59 Å². The fourth-order valence-corrected chi connectivity index (χ4v) is 4.14. The highest BCUT2D eigenvalue weighted by atomic mass is 32.1. The first-order chi connectivity index (χ1) is 12.5. The largest absolute Gasteiger partial charge is 0.465 e. The number of ether oxygens (including phenoxy) is 2. The number of carbonyl (C=O) groups is 3. The summed E-state index contributed by atoms with van der Waals surface area (Å²) in [6, 6.07) is 0. The van der Waals surface area contributed by atoms with Gasteiger partial charge in [0.05, 0.1) is 19.3 Å². The van der Waals surface area contributed by atoms with E-state index in [1.165, 1.54) is 18.4 Å². The first-order valence-corrected chi connectivity index (χ1v) is 9.38. The van der Waals surface area contributed by atoms with Gasteiger partial charge in [-0.05, 0) is 50.4 Å². The van der Waals surface area contributed by atoms with Gasteiger partial charge in [0.2, 0.25) is 5.91 Å². The number of amides is 1. The minimum atomic E-state index is -0.611. The smallest absolute Gasteiger partial charge is 0.341 e. The van der Waals surface area contributed by atoms with Crippen molar-refractivity contribution in [3.63, 3.8) is 0 Å². The van der Waals surface area contributed by atoms with Gasteiger partial charge in [-0.3, -0.25) is 10.1 Å². The molecule has 1 heterocycles. The third-order valence-electron chi connectivity index (χ3n) is 3.68. The quantitative estimate of drug-likeness (QED) is 0.448. The van der Waals surface area contributed by atoms with E-state index >= 15 is 0 Å². The van der Waals surface area contributed by atoms with Crippen molar-refractivity contribution in [3.05, 3.63) is 28.2 Å². The number of anilines is 1. The van der Waals surface area contributed by atoms with E-state index in [9.17, 15) is 14.4 Å². The molecule has 0 radical (unpaired) electrons. The van der Waals surface area contributed by atoms with Crippen LogP contribution in [0.5, 0.6) is 0 Å². The number of nitrogens with one attached hydrogen (secondary N) is 2. The summed E-state index contributed by atoms with van der Waals surface area (Å²) >= 11 is 6.57. The molecule has 140 valence electrons. The Labute approximate surface area is 160 Å². The summed E-state index contributed by atoms with van der Waals surface area (Å²) in [5, 5.41) is 5.92. The van der Waals surface area contributed by atoms with Crippen molar-refractivity contribution in [2.75, 3.05) is 19.0 Å². The zero-order chi connectivity index (χ0) is 19.1. The molecule has 0 saturated carbocycles. The van der Waals surface area contributed by atoms with Gasteiger partial charge < -0.3 is 14.8 Å². The normalized spacial score (nSPS) is 13.0. The topological polar surface area (TPSA) is 93.7 Å². The number of thiocarbonyl (C=S) groups is 1. The van der Waals surface area contributed by atoms with E-state index in [0.29, 0.717) is 10.6 Å². The summed E-state index contributed by atoms with van der Waals surface area (Å²) in [5.41, 5.74) is 1.47. The van der Waals surface area contributed by atoms with Crippen LogP contribution >= 0.6 is 23.6 Å². The minimum absolute atomic E-state index is 0.0345. The average Bonchev–Trinajstić information content (AvgIpc) is 2.97. The lowest BCUT2D eigenvalue weighted by molar-refractivity contribution is -0.137. The molecule has 1 aliphatic rings. The number of rotatable bonds is 5. The van der Waals surface area contributed by atoms with Gasteiger partial charge in [0, 0.05) is 17.0 Å². The molecule has 0 atom stereocenters. The van der Waals surface area contributed by atoms with E-state index in [1.54, 1.807) is 6.92 Å². The number of esters is 2. The molecule has 1 amide bonds. The molecular formula is C17H20N2O5S2. The molecule has 2 rings (SSSR count). The molecule has 1 aromatic heterocycles. The molecule has 0 unspecified atom stereocenters. The lowest BCUT2D eigenvalue weighted by Crippen LogP contribution is -2.33. The minimum Gasteiger partial charge on any atom is -0.465 e. The molecule has 7 nitrogen and oxygen atoms in total. The van der Waals surface area contributed by atoms with Gasteiger partial charge in [-0.1, -0.05) is 0 Å². The highest BCUT2D eigenvalue weighted by Gasteiger charge is 2.26. The van der Waals surface area contributed by atoms with Crippen LogP contribution in [0.4, 0.5) is 5.00 Å². The molecular weight excluding hydrogens is 376 g/mol. The average molecular weight is 396 g/mol. The number of aryl methyl sites for hydroxylation is 1. The monoisotopic (exact) mass is 396 g/mol. The molecule has 9 heteroatoms. The Hall–Kier alpha value is -2.26. The fourth-order valence-electron chi connectivity index (χ4n) is 2.59. The van der Waals surface area contributed by atoms with Crippen molar-refractivity contribution in [2.24, 2.45) is 0 Å². The zero-order valence-corrected chi connectivity index (χ0v) is 16.2. The summed E-state index contributed by atoms with van der Waals surface area (Å²) in [7, 11) is 1.33. The molecule has 1 aromatic rings. The highest BCUT2D eigenvalue weighted by Crippen LogP contribution is 2.38. The Bertz CT molecular complexity index is 755. The number of fused-ring (bicyclic) bond motifs is 1. The van der Waals surface area contributed by atoms with Gasteiger partial charge in [0.25, 0.3) is 0 Å². The molecule has 0 bridgehead atoms. The van der Waals surface area contributed by atoms with Crippen molar-refractivity contribution in [1.29, 1.82) is 0 Å². The maximum absolute atomic E-state index is 12.2. The number of methoxy groups -OCH3 is 1. The summed E-state index contributed by atoms with van der Waals surface area (Å²) in [4.78, 5) is 36.3. The van der Waals surface area contributed by atoms with Crippen LogP contribution in [0.3, 0.4) is 0 Å². The van der Waals surface area contributed by atoms with Crippen LogP contribution in [-0.4, -0.2) is 36.7 Å². The molecule has 0 aromatic carbocycles. The van der Waals surface area contributed by atoms with Gasteiger partial charge in [0.1, 0.15) is 5.00 Å². The van der Waals surface area contributed by atoms with Crippen molar-refractivity contribution in [3.8, 4) is 0 Å². The third kappa shape index (κ3) is 5.12. The lowest BCUT2D eigenvalue weighted by atomic mass is 9.95. The van der Waals surface area contributed by atoms with Crippen LogP contribution in [0.25, 0.3) is 0 Å². The predicted octanol–water partition coefficient (Wildman–Crippen LogP) is 2.35. The maximum atomic E-state index is 12.2. The molecule has 2 N–H and O–H groups in total. The van der Waals surface area contributed by atoms with Crippen LogP contribution < -0.4 is 10.6 Å². The first kappa shape index (κ1) is 20.1. The van der Waals surface area contributed by atoms with Crippen LogP contribution in [0.2, 0.25) is 0 Å². The van der Waals surface area contributed by atoms with Gasteiger partial charge in [-0.2, -0.15) is 0 Å². The Kier molecular flexibility index (Phi) is 7.28. The van der Waals surface area contributed by atoms with Gasteiger partial charge in [0.15, 0.2) is 5.11 Å². The number of hydrogen-bond donors (Lipinski definition) is 2. The van der Waals surface area contributed by atoms with E-state index in [1.807, 2.05) is 0 Å². The number of thiophene rings is 1. The SMILES string of the molecule is CCOC(=O)C=CC(=O)NC(=S)Nc1sc2c(c1C(=O)OC)CCCC2. The molecule has 0 spiro atoms. The molecule has 0 aliphatic heterocycles.